The zero-order chi connectivity index (χ0) is 22.5. The average Bonchev–Trinajstić information content (AvgIpc) is 3.41. The molecule has 0 unspecified atom stereocenters. The van der Waals surface area contributed by atoms with Gasteiger partial charge in [-0.15, -0.1) is 5.10 Å². The molecule has 2 amide bonds. The number of hydrogen-bond acceptors (Lipinski definition) is 7. The van der Waals surface area contributed by atoms with E-state index >= 15 is 0 Å². The molecule has 0 aliphatic carbocycles. The summed E-state index contributed by atoms with van der Waals surface area (Å²) in [6.45, 7) is 4.13. The van der Waals surface area contributed by atoms with Crippen LogP contribution in [0.1, 0.15) is 27.3 Å². The van der Waals surface area contributed by atoms with Gasteiger partial charge >= 0.3 is 0 Å². The molecule has 0 aliphatic heterocycles. The molecule has 0 bridgehead atoms. The molecule has 0 saturated heterocycles. The standard InChI is InChI=1S/C21H21N9O2/c1-14-9-15(2)30(26-14)19-8-7-16(10-22-19)11-23-21(32)17-5-3-4-6-18(17)25-20(31)12-29-13-24-27-28-29/h3-10,13H,11-12H2,1-2H3,(H,23,32)(H,25,31). The molecule has 4 aromatic rings. The fourth-order valence-corrected chi connectivity index (χ4v) is 3.16. The van der Waals surface area contributed by atoms with Gasteiger partial charge in [0.05, 0.1) is 16.9 Å². The normalized spacial score (nSPS) is 10.7. The van der Waals surface area contributed by atoms with E-state index in [1.807, 2.05) is 32.0 Å². The van der Waals surface area contributed by atoms with Crippen molar-refractivity contribution in [1.82, 2.24) is 40.3 Å². The monoisotopic (exact) mass is 431 g/mol. The Labute approximate surface area is 183 Å². The van der Waals surface area contributed by atoms with E-state index < -0.39 is 0 Å². The van der Waals surface area contributed by atoms with Gasteiger partial charge in [-0.25, -0.2) is 14.3 Å². The van der Waals surface area contributed by atoms with Crippen LogP contribution in [0.2, 0.25) is 0 Å². The smallest absolute Gasteiger partial charge is 0.253 e. The number of para-hydroxylation sites is 1. The van der Waals surface area contributed by atoms with E-state index in [1.54, 1.807) is 35.1 Å². The van der Waals surface area contributed by atoms with Crippen LogP contribution >= 0.6 is 0 Å². The van der Waals surface area contributed by atoms with Crippen molar-refractivity contribution in [3.63, 3.8) is 0 Å². The Morgan fingerprint density at radius 3 is 2.62 bits per heavy atom. The quantitative estimate of drug-likeness (QED) is 0.452. The second kappa shape index (κ2) is 9.16. The third-order valence-electron chi connectivity index (χ3n) is 4.63. The summed E-state index contributed by atoms with van der Waals surface area (Å²) in [4.78, 5) is 29.4. The third kappa shape index (κ3) is 4.83. The first-order valence-corrected chi connectivity index (χ1v) is 9.86. The lowest BCUT2D eigenvalue weighted by Gasteiger charge is -2.11. The molecule has 0 fully saturated rings. The number of anilines is 1. The van der Waals surface area contributed by atoms with Crippen LogP contribution < -0.4 is 10.6 Å². The number of aromatic nitrogens is 7. The van der Waals surface area contributed by atoms with E-state index in [9.17, 15) is 9.59 Å². The average molecular weight is 431 g/mol. The van der Waals surface area contributed by atoms with Crippen LogP contribution in [0, 0.1) is 13.8 Å². The van der Waals surface area contributed by atoms with E-state index in [0.717, 1.165) is 17.0 Å². The van der Waals surface area contributed by atoms with Crippen molar-refractivity contribution in [3.05, 3.63) is 77.5 Å². The fourth-order valence-electron chi connectivity index (χ4n) is 3.16. The summed E-state index contributed by atoms with van der Waals surface area (Å²) in [5.41, 5.74) is 3.51. The number of rotatable bonds is 7. The summed E-state index contributed by atoms with van der Waals surface area (Å²) >= 11 is 0. The van der Waals surface area contributed by atoms with E-state index in [2.05, 4.69) is 36.2 Å². The lowest BCUT2D eigenvalue weighted by Crippen LogP contribution is -2.26. The van der Waals surface area contributed by atoms with E-state index in [0.29, 0.717) is 17.1 Å². The van der Waals surface area contributed by atoms with Gasteiger partial charge in [0.1, 0.15) is 12.9 Å². The minimum absolute atomic E-state index is 0.0593. The summed E-state index contributed by atoms with van der Waals surface area (Å²) in [5, 5.41) is 20.6. The van der Waals surface area contributed by atoms with Gasteiger partial charge in [0.15, 0.2) is 5.82 Å². The number of nitrogens with zero attached hydrogens (tertiary/aromatic N) is 7. The van der Waals surface area contributed by atoms with Crippen molar-refractivity contribution in [2.24, 2.45) is 0 Å². The summed E-state index contributed by atoms with van der Waals surface area (Å²) in [7, 11) is 0. The van der Waals surface area contributed by atoms with Crippen LogP contribution in [0.4, 0.5) is 5.69 Å². The van der Waals surface area contributed by atoms with Crippen LogP contribution in [-0.2, 0) is 17.9 Å². The van der Waals surface area contributed by atoms with E-state index in [1.165, 1.54) is 11.0 Å². The molecule has 0 radical (unpaired) electrons. The number of carbonyl (C=O) groups excluding carboxylic acids is 2. The van der Waals surface area contributed by atoms with Gasteiger partial charge in [-0.2, -0.15) is 5.10 Å². The summed E-state index contributed by atoms with van der Waals surface area (Å²) in [5.74, 6) is 0.0498. The summed E-state index contributed by atoms with van der Waals surface area (Å²) in [6.07, 6.45) is 3.04. The first-order chi connectivity index (χ1) is 15.5. The second-order valence-corrected chi connectivity index (χ2v) is 7.15. The molecule has 1 aromatic carbocycles. The van der Waals surface area contributed by atoms with Gasteiger partial charge < -0.3 is 10.6 Å². The maximum atomic E-state index is 12.7. The zero-order valence-corrected chi connectivity index (χ0v) is 17.6. The highest BCUT2D eigenvalue weighted by Gasteiger charge is 2.14. The van der Waals surface area contributed by atoms with Crippen LogP contribution in [0.15, 0.2) is 55.0 Å². The largest absolute Gasteiger partial charge is 0.348 e. The van der Waals surface area contributed by atoms with Crippen molar-refractivity contribution in [2.75, 3.05) is 5.32 Å². The van der Waals surface area contributed by atoms with Crippen LogP contribution in [-0.4, -0.2) is 46.8 Å². The molecule has 0 saturated carbocycles. The van der Waals surface area contributed by atoms with Crippen LogP contribution in [0.5, 0.6) is 0 Å². The number of benzene rings is 1. The van der Waals surface area contributed by atoms with Crippen molar-refractivity contribution in [1.29, 1.82) is 0 Å². The number of aryl methyl sites for hydroxylation is 2. The van der Waals surface area contributed by atoms with E-state index in [-0.39, 0.29) is 24.9 Å². The molecule has 11 heteroatoms. The Morgan fingerprint density at radius 2 is 1.94 bits per heavy atom. The Balaban J connectivity index is 1.39. The maximum absolute atomic E-state index is 12.7. The molecule has 0 spiro atoms. The highest BCUT2D eigenvalue weighted by atomic mass is 16.2. The molecule has 0 atom stereocenters. The number of nitrogens with one attached hydrogen (secondary N) is 2. The summed E-state index contributed by atoms with van der Waals surface area (Å²) in [6, 6.07) is 12.5. The lowest BCUT2D eigenvalue weighted by molar-refractivity contribution is -0.116. The number of hydrogen-bond donors (Lipinski definition) is 2. The van der Waals surface area contributed by atoms with Gasteiger partial charge in [-0.1, -0.05) is 18.2 Å². The highest BCUT2D eigenvalue weighted by molar-refractivity contribution is 6.03. The Bertz CT molecular complexity index is 1230. The molecule has 2 N–H and O–H groups in total. The van der Waals surface area contributed by atoms with Gasteiger partial charge in [0, 0.05) is 18.4 Å². The fraction of sp³-hybridized carbons (Fsp3) is 0.190. The maximum Gasteiger partial charge on any atom is 0.253 e. The van der Waals surface area contributed by atoms with Gasteiger partial charge in [-0.05, 0) is 54.1 Å². The minimum atomic E-state index is -0.346. The summed E-state index contributed by atoms with van der Waals surface area (Å²) < 4.78 is 3.06. The van der Waals surface area contributed by atoms with Gasteiger partial charge in [-0.3, -0.25) is 9.59 Å². The third-order valence-corrected chi connectivity index (χ3v) is 4.63. The molecule has 3 aromatic heterocycles. The number of amides is 2. The van der Waals surface area contributed by atoms with Crippen molar-refractivity contribution in [3.8, 4) is 5.82 Å². The zero-order valence-electron chi connectivity index (χ0n) is 17.6. The predicted octanol–water partition coefficient (Wildman–Crippen LogP) is 1.44. The number of tetrazole rings is 1. The molecular weight excluding hydrogens is 410 g/mol. The molecular formula is C21H21N9O2. The molecule has 32 heavy (non-hydrogen) atoms. The minimum Gasteiger partial charge on any atom is -0.348 e. The molecule has 4 rings (SSSR count). The first kappa shape index (κ1) is 20.8. The Hall–Kier alpha value is -4.41. The van der Waals surface area contributed by atoms with Crippen molar-refractivity contribution < 1.29 is 9.59 Å². The van der Waals surface area contributed by atoms with Crippen LogP contribution in [0.25, 0.3) is 5.82 Å². The number of pyridine rings is 1. The topological polar surface area (TPSA) is 133 Å². The first-order valence-electron chi connectivity index (χ1n) is 9.86. The second-order valence-electron chi connectivity index (χ2n) is 7.15. The SMILES string of the molecule is Cc1cc(C)n(-c2ccc(CNC(=O)c3ccccc3NC(=O)Cn3cnnn3)cn2)n1. The molecule has 11 nitrogen and oxygen atoms in total. The van der Waals surface area contributed by atoms with Crippen molar-refractivity contribution >= 4 is 17.5 Å². The molecule has 162 valence electrons. The van der Waals surface area contributed by atoms with Crippen molar-refractivity contribution in [2.45, 2.75) is 26.9 Å². The number of carbonyl (C=O) groups is 2. The lowest BCUT2D eigenvalue weighted by atomic mass is 10.1. The van der Waals surface area contributed by atoms with Gasteiger partial charge in [0.25, 0.3) is 5.91 Å². The van der Waals surface area contributed by atoms with Crippen LogP contribution in [0.3, 0.4) is 0 Å². The highest BCUT2D eigenvalue weighted by Crippen LogP contribution is 2.16. The Kier molecular flexibility index (Phi) is 5.97. The van der Waals surface area contributed by atoms with Gasteiger partial charge in [0.2, 0.25) is 5.91 Å². The predicted molar refractivity (Wildman–Crippen MR) is 115 cm³/mol. The molecule has 3 heterocycles. The Morgan fingerprint density at radius 1 is 1.09 bits per heavy atom. The van der Waals surface area contributed by atoms with E-state index in [4.69, 9.17) is 0 Å². The molecule has 0 aliphatic rings.